The zero-order chi connectivity index (χ0) is 20.4. The maximum atomic E-state index is 12.6. The Morgan fingerprint density at radius 3 is 2.59 bits per heavy atom. The highest BCUT2D eigenvalue weighted by Gasteiger charge is 2.34. The molecule has 0 aromatic heterocycles. The number of thioether (sulfide) groups is 1. The molecule has 1 aliphatic heterocycles. The van der Waals surface area contributed by atoms with Gasteiger partial charge in [0, 0.05) is 22.0 Å². The highest BCUT2D eigenvalue weighted by atomic mass is 35.5. The number of nitrogens with zero attached hydrogens (tertiary/aromatic N) is 1. The quantitative estimate of drug-likeness (QED) is 0.588. The van der Waals surface area contributed by atoms with Crippen LogP contribution < -0.4 is 10.2 Å². The van der Waals surface area contributed by atoms with Crippen LogP contribution in [-0.4, -0.2) is 17.6 Å². The van der Waals surface area contributed by atoms with E-state index in [1.807, 2.05) is 60.4 Å². The minimum atomic E-state index is -0.204. The van der Waals surface area contributed by atoms with Gasteiger partial charge in [0.25, 0.3) is 5.91 Å². The number of halogens is 1. The standard InChI is InChI=1S/C23H19ClN2O2S/c1-15-4-2-7-20(12-15)26-21(27)14-29-23(26)17-5-3-6-19(13-17)25-22(28)16-8-10-18(24)11-9-16/h2-13,23H,14H2,1H3,(H,25,28). The minimum absolute atomic E-state index is 0.0844. The van der Waals surface area contributed by atoms with Gasteiger partial charge in [0.1, 0.15) is 5.37 Å². The third-order valence-electron chi connectivity index (χ3n) is 4.68. The van der Waals surface area contributed by atoms with E-state index in [-0.39, 0.29) is 17.2 Å². The molecule has 1 heterocycles. The summed E-state index contributed by atoms with van der Waals surface area (Å²) in [5.41, 5.74) is 4.19. The maximum absolute atomic E-state index is 12.6. The molecule has 1 unspecified atom stereocenters. The van der Waals surface area contributed by atoms with Crippen molar-refractivity contribution in [3.63, 3.8) is 0 Å². The SMILES string of the molecule is Cc1cccc(N2C(=O)CSC2c2cccc(NC(=O)c3ccc(Cl)cc3)c2)c1. The summed E-state index contributed by atoms with van der Waals surface area (Å²) in [7, 11) is 0. The second-order valence-electron chi connectivity index (χ2n) is 6.85. The summed E-state index contributed by atoms with van der Waals surface area (Å²) in [5, 5.41) is 3.38. The summed E-state index contributed by atoms with van der Waals surface area (Å²) in [6.07, 6.45) is 0. The van der Waals surface area contributed by atoms with Crippen LogP contribution in [0.4, 0.5) is 11.4 Å². The third kappa shape index (κ3) is 4.31. The molecule has 29 heavy (non-hydrogen) atoms. The van der Waals surface area contributed by atoms with E-state index in [0.717, 1.165) is 16.8 Å². The molecule has 1 atom stereocenters. The molecule has 1 saturated heterocycles. The van der Waals surface area contributed by atoms with Gasteiger partial charge in [-0.3, -0.25) is 14.5 Å². The fourth-order valence-electron chi connectivity index (χ4n) is 3.30. The second kappa shape index (κ2) is 8.31. The summed E-state index contributed by atoms with van der Waals surface area (Å²) in [4.78, 5) is 26.9. The predicted molar refractivity (Wildman–Crippen MR) is 120 cm³/mol. The zero-order valence-electron chi connectivity index (χ0n) is 15.8. The lowest BCUT2D eigenvalue weighted by atomic mass is 10.1. The predicted octanol–water partition coefficient (Wildman–Crippen LogP) is 5.68. The van der Waals surface area contributed by atoms with E-state index < -0.39 is 0 Å². The van der Waals surface area contributed by atoms with Crippen LogP contribution in [0, 0.1) is 6.92 Å². The molecule has 3 aromatic rings. The van der Waals surface area contributed by atoms with Crippen LogP contribution in [0.15, 0.2) is 72.8 Å². The number of carbonyl (C=O) groups is 2. The Labute approximate surface area is 178 Å². The van der Waals surface area contributed by atoms with E-state index in [9.17, 15) is 9.59 Å². The average Bonchev–Trinajstić information content (AvgIpc) is 3.10. The Morgan fingerprint density at radius 1 is 1.07 bits per heavy atom. The van der Waals surface area contributed by atoms with Gasteiger partial charge < -0.3 is 5.32 Å². The van der Waals surface area contributed by atoms with Gasteiger partial charge in [-0.05, 0) is 66.6 Å². The molecule has 0 spiro atoms. The summed E-state index contributed by atoms with van der Waals surface area (Å²) < 4.78 is 0. The van der Waals surface area contributed by atoms with Gasteiger partial charge in [-0.15, -0.1) is 11.8 Å². The van der Waals surface area contributed by atoms with Crippen LogP contribution in [0.5, 0.6) is 0 Å². The van der Waals surface area contributed by atoms with Gasteiger partial charge in [0.2, 0.25) is 5.91 Å². The third-order valence-corrected chi connectivity index (χ3v) is 6.15. The molecule has 0 saturated carbocycles. The molecule has 1 fully saturated rings. The smallest absolute Gasteiger partial charge is 0.255 e. The lowest BCUT2D eigenvalue weighted by molar-refractivity contribution is -0.115. The van der Waals surface area contributed by atoms with Gasteiger partial charge >= 0.3 is 0 Å². The summed E-state index contributed by atoms with van der Waals surface area (Å²) in [6, 6.07) is 22.3. The molecule has 4 rings (SSSR count). The van der Waals surface area contributed by atoms with Crippen LogP contribution in [0.1, 0.15) is 26.9 Å². The number of hydrogen-bond acceptors (Lipinski definition) is 3. The maximum Gasteiger partial charge on any atom is 0.255 e. The van der Waals surface area contributed by atoms with Crippen molar-refractivity contribution in [2.45, 2.75) is 12.3 Å². The molecule has 2 amide bonds. The lowest BCUT2D eigenvalue weighted by Crippen LogP contribution is -2.27. The van der Waals surface area contributed by atoms with Gasteiger partial charge in [0.05, 0.1) is 5.75 Å². The van der Waals surface area contributed by atoms with E-state index >= 15 is 0 Å². The van der Waals surface area contributed by atoms with Crippen LogP contribution in [0.25, 0.3) is 0 Å². The van der Waals surface area contributed by atoms with E-state index in [1.165, 1.54) is 0 Å². The number of amides is 2. The number of aryl methyl sites for hydroxylation is 1. The molecular formula is C23H19ClN2O2S. The van der Waals surface area contributed by atoms with Crippen molar-refractivity contribution >= 4 is 46.6 Å². The molecule has 1 aliphatic rings. The largest absolute Gasteiger partial charge is 0.322 e. The summed E-state index contributed by atoms with van der Waals surface area (Å²) >= 11 is 7.48. The normalized spacial score (nSPS) is 16.1. The number of anilines is 2. The first-order valence-electron chi connectivity index (χ1n) is 9.18. The molecule has 6 heteroatoms. The number of nitrogens with one attached hydrogen (secondary N) is 1. The van der Waals surface area contributed by atoms with E-state index in [2.05, 4.69) is 5.32 Å². The monoisotopic (exact) mass is 422 g/mol. The first-order chi connectivity index (χ1) is 14.0. The van der Waals surface area contributed by atoms with Crippen molar-refractivity contribution in [3.05, 3.63) is 94.5 Å². The molecule has 1 N–H and O–H groups in total. The van der Waals surface area contributed by atoms with Crippen molar-refractivity contribution < 1.29 is 9.59 Å². The van der Waals surface area contributed by atoms with Crippen molar-refractivity contribution in [2.24, 2.45) is 0 Å². The van der Waals surface area contributed by atoms with Crippen LogP contribution >= 0.6 is 23.4 Å². The minimum Gasteiger partial charge on any atom is -0.322 e. The first-order valence-corrected chi connectivity index (χ1v) is 10.6. The highest BCUT2D eigenvalue weighted by molar-refractivity contribution is 8.00. The molecular weight excluding hydrogens is 404 g/mol. The first kappa shape index (κ1) is 19.6. The summed E-state index contributed by atoms with van der Waals surface area (Å²) in [5.74, 6) is 0.311. The Morgan fingerprint density at radius 2 is 1.83 bits per heavy atom. The molecule has 0 radical (unpaired) electrons. The Bertz CT molecular complexity index is 1070. The van der Waals surface area contributed by atoms with E-state index in [4.69, 9.17) is 11.6 Å². The van der Waals surface area contributed by atoms with Gasteiger partial charge in [-0.2, -0.15) is 0 Å². The molecule has 4 nitrogen and oxygen atoms in total. The Kier molecular flexibility index (Phi) is 5.60. The Hall–Kier alpha value is -2.76. The molecule has 3 aromatic carbocycles. The fraction of sp³-hybridized carbons (Fsp3) is 0.130. The topological polar surface area (TPSA) is 49.4 Å². The van der Waals surface area contributed by atoms with Crippen LogP contribution in [-0.2, 0) is 4.79 Å². The number of hydrogen-bond donors (Lipinski definition) is 1. The molecule has 0 bridgehead atoms. The van der Waals surface area contributed by atoms with Crippen molar-refractivity contribution in [1.82, 2.24) is 0 Å². The van der Waals surface area contributed by atoms with E-state index in [1.54, 1.807) is 36.0 Å². The fourth-order valence-corrected chi connectivity index (χ4v) is 4.60. The van der Waals surface area contributed by atoms with Gasteiger partial charge in [-0.25, -0.2) is 0 Å². The Balaban J connectivity index is 1.58. The zero-order valence-corrected chi connectivity index (χ0v) is 17.3. The second-order valence-corrected chi connectivity index (χ2v) is 8.36. The summed E-state index contributed by atoms with van der Waals surface area (Å²) in [6.45, 7) is 2.01. The van der Waals surface area contributed by atoms with Gasteiger partial charge in [-0.1, -0.05) is 35.9 Å². The lowest BCUT2D eigenvalue weighted by Gasteiger charge is -2.25. The van der Waals surface area contributed by atoms with E-state index in [0.29, 0.717) is 22.0 Å². The molecule has 0 aliphatic carbocycles. The van der Waals surface area contributed by atoms with Crippen LogP contribution in [0.3, 0.4) is 0 Å². The average molecular weight is 423 g/mol. The number of carbonyl (C=O) groups excluding carboxylic acids is 2. The van der Waals surface area contributed by atoms with Crippen molar-refractivity contribution in [1.29, 1.82) is 0 Å². The molecule has 146 valence electrons. The van der Waals surface area contributed by atoms with Crippen molar-refractivity contribution in [3.8, 4) is 0 Å². The van der Waals surface area contributed by atoms with Gasteiger partial charge in [0.15, 0.2) is 0 Å². The number of rotatable bonds is 4. The number of benzene rings is 3. The highest BCUT2D eigenvalue weighted by Crippen LogP contribution is 2.42. The van der Waals surface area contributed by atoms with Crippen molar-refractivity contribution in [2.75, 3.05) is 16.0 Å². The van der Waals surface area contributed by atoms with Crippen LogP contribution in [0.2, 0.25) is 5.02 Å².